The summed E-state index contributed by atoms with van der Waals surface area (Å²) in [7, 11) is 1.61. The van der Waals surface area contributed by atoms with E-state index in [-0.39, 0.29) is 0 Å². The van der Waals surface area contributed by atoms with Gasteiger partial charge < -0.3 is 14.8 Å². The number of methoxy groups -OCH3 is 1. The summed E-state index contributed by atoms with van der Waals surface area (Å²) in [4.78, 5) is 13.5. The molecule has 0 spiro atoms. The van der Waals surface area contributed by atoms with Crippen LogP contribution in [-0.4, -0.2) is 41.8 Å². The number of hydrogen-bond acceptors (Lipinski definition) is 6. The van der Waals surface area contributed by atoms with Crippen molar-refractivity contribution >= 4 is 0 Å². The minimum Gasteiger partial charge on any atom is -0.488 e. The molecule has 0 bridgehead atoms. The van der Waals surface area contributed by atoms with Crippen molar-refractivity contribution in [3.05, 3.63) is 41.1 Å². The monoisotopic (exact) mass is 342 g/mol. The predicted octanol–water partition coefficient (Wildman–Crippen LogP) is 2.33. The van der Waals surface area contributed by atoms with Gasteiger partial charge in [0.05, 0.1) is 13.7 Å². The summed E-state index contributed by atoms with van der Waals surface area (Å²) in [5.74, 6) is 2.57. The SMILES string of the molecule is CCc1cc(C)nc(Cc2cnc(OC)c(OC[C@@H]3CCNC3)c2)n1. The lowest BCUT2D eigenvalue weighted by molar-refractivity contribution is 0.244. The zero-order valence-electron chi connectivity index (χ0n) is 15.2. The van der Waals surface area contributed by atoms with Gasteiger partial charge in [0.2, 0.25) is 0 Å². The third-order valence-electron chi connectivity index (χ3n) is 4.38. The minimum atomic E-state index is 0.522. The van der Waals surface area contributed by atoms with Gasteiger partial charge in [0.1, 0.15) is 5.82 Å². The normalized spacial score (nSPS) is 16.8. The molecule has 3 rings (SSSR count). The second-order valence-corrected chi connectivity index (χ2v) is 6.47. The van der Waals surface area contributed by atoms with Crippen molar-refractivity contribution in [2.24, 2.45) is 5.92 Å². The first-order valence-electron chi connectivity index (χ1n) is 8.87. The quantitative estimate of drug-likeness (QED) is 0.833. The van der Waals surface area contributed by atoms with Crippen LogP contribution >= 0.6 is 0 Å². The van der Waals surface area contributed by atoms with E-state index in [0.29, 0.717) is 30.6 Å². The first kappa shape index (κ1) is 17.6. The van der Waals surface area contributed by atoms with E-state index in [1.165, 1.54) is 0 Å². The molecule has 6 heteroatoms. The molecule has 1 fully saturated rings. The molecule has 0 radical (unpaired) electrons. The highest BCUT2D eigenvalue weighted by Crippen LogP contribution is 2.27. The molecule has 0 aromatic carbocycles. The van der Waals surface area contributed by atoms with Crippen LogP contribution in [0.4, 0.5) is 0 Å². The molecule has 0 aliphatic carbocycles. The van der Waals surface area contributed by atoms with Gasteiger partial charge in [-0.05, 0) is 44.0 Å². The Morgan fingerprint density at radius 2 is 2.16 bits per heavy atom. The Labute approximate surface area is 149 Å². The van der Waals surface area contributed by atoms with Crippen LogP contribution in [0, 0.1) is 12.8 Å². The van der Waals surface area contributed by atoms with E-state index in [4.69, 9.17) is 9.47 Å². The van der Waals surface area contributed by atoms with Crippen LogP contribution in [0.5, 0.6) is 11.6 Å². The average Bonchev–Trinajstić information content (AvgIpc) is 3.13. The summed E-state index contributed by atoms with van der Waals surface area (Å²) in [6, 6.07) is 4.02. The minimum absolute atomic E-state index is 0.522. The molecular formula is C19H26N4O2. The van der Waals surface area contributed by atoms with Crippen molar-refractivity contribution in [3.8, 4) is 11.6 Å². The fraction of sp³-hybridized carbons (Fsp3) is 0.526. The average molecular weight is 342 g/mol. The largest absolute Gasteiger partial charge is 0.488 e. The number of aromatic nitrogens is 3. The van der Waals surface area contributed by atoms with E-state index >= 15 is 0 Å². The smallest absolute Gasteiger partial charge is 0.256 e. The number of nitrogens with one attached hydrogen (secondary N) is 1. The highest BCUT2D eigenvalue weighted by Gasteiger charge is 2.17. The van der Waals surface area contributed by atoms with Gasteiger partial charge in [-0.1, -0.05) is 6.92 Å². The van der Waals surface area contributed by atoms with E-state index in [2.05, 4.69) is 27.2 Å². The Balaban J connectivity index is 1.75. The lowest BCUT2D eigenvalue weighted by Crippen LogP contribution is -2.16. The maximum absolute atomic E-state index is 5.99. The highest BCUT2D eigenvalue weighted by molar-refractivity contribution is 5.37. The van der Waals surface area contributed by atoms with Crippen LogP contribution in [-0.2, 0) is 12.8 Å². The van der Waals surface area contributed by atoms with Crippen molar-refractivity contribution in [1.29, 1.82) is 0 Å². The summed E-state index contributed by atoms with van der Waals surface area (Å²) < 4.78 is 11.3. The van der Waals surface area contributed by atoms with Gasteiger partial charge in [0.25, 0.3) is 5.88 Å². The van der Waals surface area contributed by atoms with Gasteiger partial charge in [-0.25, -0.2) is 15.0 Å². The molecule has 1 N–H and O–H groups in total. The van der Waals surface area contributed by atoms with Crippen LogP contribution in [0.3, 0.4) is 0 Å². The van der Waals surface area contributed by atoms with Crippen molar-refractivity contribution in [2.45, 2.75) is 33.1 Å². The van der Waals surface area contributed by atoms with Crippen molar-refractivity contribution in [1.82, 2.24) is 20.3 Å². The molecule has 1 aliphatic rings. The molecule has 1 saturated heterocycles. The lowest BCUT2D eigenvalue weighted by atomic mass is 10.1. The molecule has 3 heterocycles. The second kappa shape index (κ2) is 8.25. The molecule has 0 unspecified atom stereocenters. The third-order valence-corrected chi connectivity index (χ3v) is 4.38. The van der Waals surface area contributed by atoms with Crippen LogP contribution in [0.25, 0.3) is 0 Å². The van der Waals surface area contributed by atoms with Gasteiger partial charge in [-0.15, -0.1) is 0 Å². The molecule has 6 nitrogen and oxygen atoms in total. The number of nitrogens with zero attached hydrogens (tertiary/aromatic N) is 3. The van der Waals surface area contributed by atoms with E-state index in [9.17, 15) is 0 Å². The summed E-state index contributed by atoms with van der Waals surface area (Å²) >= 11 is 0. The third kappa shape index (κ3) is 4.66. The van der Waals surface area contributed by atoms with E-state index < -0.39 is 0 Å². The van der Waals surface area contributed by atoms with Gasteiger partial charge in [-0.3, -0.25) is 0 Å². The number of pyridine rings is 1. The zero-order chi connectivity index (χ0) is 17.6. The Hall–Kier alpha value is -2.21. The van der Waals surface area contributed by atoms with E-state index in [1.54, 1.807) is 13.3 Å². The molecule has 134 valence electrons. The number of ether oxygens (including phenoxy) is 2. The molecule has 0 saturated carbocycles. The molecule has 1 aliphatic heterocycles. The van der Waals surface area contributed by atoms with Crippen LogP contribution in [0.1, 0.15) is 36.1 Å². The molecule has 25 heavy (non-hydrogen) atoms. The predicted molar refractivity (Wildman–Crippen MR) is 96.2 cm³/mol. The highest BCUT2D eigenvalue weighted by atomic mass is 16.5. The molecule has 0 amide bonds. The molecular weight excluding hydrogens is 316 g/mol. The number of hydrogen-bond donors (Lipinski definition) is 1. The van der Waals surface area contributed by atoms with Gasteiger partial charge in [0.15, 0.2) is 5.75 Å². The van der Waals surface area contributed by atoms with Gasteiger partial charge >= 0.3 is 0 Å². The second-order valence-electron chi connectivity index (χ2n) is 6.47. The maximum Gasteiger partial charge on any atom is 0.256 e. The Morgan fingerprint density at radius 3 is 2.88 bits per heavy atom. The molecule has 2 aromatic heterocycles. The first-order chi connectivity index (χ1) is 12.2. The zero-order valence-corrected chi connectivity index (χ0v) is 15.2. The van der Waals surface area contributed by atoms with Crippen LogP contribution in [0.2, 0.25) is 0 Å². The van der Waals surface area contributed by atoms with Crippen molar-refractivity contribution in [2.75, 3.05) is 26.8 Å². The fourth-order valence-corrected chi connectivity index (χ4v) is 3.03. The number of aryl methyl sites for hydroxylation is 2. The Bertz CT molecular complexity index is 715. The summed E-state index contributed by atoms with van der Waals surface area (Å²) in [6.07, 6.45) is 4.49. The fourth-order valence-electron chi connectivity index (χ4n) is 3.03. The van der Waals surface area contributed by atoms with E-state index in [1.807, 2.05) is 19.1 Å². The Morgan fingerprint density at radius 1 is 1.28 bits per heavy atom. The molecule has 2 aromatic rings. The first-order valence-corrected chi connectivity index (χ1v) is 8.87. The number of rotatable bonds is 7. The van der Waals surface area contributed by atoms with Crippen LogP contribution < -0.4 is 14.8 Å². The Kier molecular flexibility index (Phi) is 5.81. The topological polar surface area (TPSA) is 69.2 Å². The standard InChI is InChI=1S/C19H26N4O2/c1-4-16-7-13(2)22-18(23-16)9-15-8-17(19(24-3)21-11-15)25-12-14-5-6-20-10-14/h7-8,11,14,20H,4-6,9-10,12H2,1-3H3/t14-/m1/s1. The molecule has 1 atom stereocenters. The maximum atomic E-state index is 5.99. The summed E-state index contributed by atoms with van der Waals surface area (Å²) in [6.45, 7) is 6.85. The van der Waals surface area contributed by atoms with Crippen molar-refractivity contribution in [3.63, 3.8) is 0 Å². The van der Waals surface area contributed by atoms with Gasteiger partial charge in [0, 0.05) is 36.5 Å². The lowest BCUT2D eigenvalue weighted by Gasteiger charge is -2.14. The summed E-state index contributed by atoms with van der Waals surface area (Å²) in [5.41, 5.74) is 3.08. The van der Waals surface area contributed by atoms with E-state index in [0.717, 1.165) is 48.7 Å². The van der Waals surface area contributed by atoms with Crippen molar-refractivity contribution < 1.29 is 9.47 Å². The summed E-state index contributed by atoms with van der Waals surface area (Å²) in [5, 5.41) is 3.35. The van der Waals surface area contributed by atoms with Crippen LogP contribution in [0.15, 0.2) is 18.3 Å². The van der Waals surface area contributed by atoms with Gasteiger partial charge in [-0.2, -0.15) is 0 Å².